The van der Waals surface area contributed by atoms with Gasteiger partial charge >= 0.3 is 0 Å². The molecule has 1 unspecified atom stereocenters. The van der Waals surface area contributed by atoms with Crippen LogP contribution in [0.25, 0.3) is 0 Å². The molecular weight excluding hydrogens is 216 g/mol. The van der Waals surface area contributed by atoms with E-state index < -0.39 is 5.60 Å². The summed E-state index contributed by atoms with van der Waals surface area (Å²) in [4.78, 5) is 4.24. The smallest absolute Gasteiger partial charge is 0.137 e. The predicted molar refractivity (Wildman–Crippen MR) is 68.0 cm³/mol. The SMILES string of the molecule is CNCc1ccc(OCC(C)(O)C(C)C)cn1. The quantitative estimate of drug-likeness (QED) is 0.790. The molecule has 0 amide bonds. The van der Waals surface area contributed by atoms with Gasteiger partial charge in [0.2, 0.25) is 0 Å². The topological polar surface area (TPSA) is 54.4 Å². The van der Waals surface area contributed by atoms with Gasteiger partial charge in [-0.15, -0.1) is 0 Å². The maximum absolute atomic E-state index is 10.0. The largest absolute Gasteiger partial charge is 0.489 e. The van der Waals surface area contributed by atoms with Crippen LogP contribution in [-0.4, -0.2) is 29.3 Å². The Morgan fingerprint density at radius 3 is 2.65 bits per heavy atom. The Hall–Kier alpha value is -1.13. The molecule has 0 fully saturated rings. The monoisotopic (exact) mass is 238 g/mol. The minimum Gasteiger partial charge on any atom is -0.489 e. The number of aromatic nitrogens is 1. The second-order valence-corrected chi connectivity index (χ2v) is 4.82. The van der Waals surface area contributed by atoms with E-state index in [0.717, 1.165) is 12.2 Å². The molecule has 0 spiro atoms. The van der Waals surface area contributed by atoms with Gasteiger partial charge < -0.3 is 15.2 Å². The molecule has 0 aliphatic carbocycles. The Balaban J connectivity index is 2.52. The van der Waals surface area contributed by atoms with E-state index in [9.17, 15) is 5.11 Å². The average Bonchev–Trinajstić information content (AvgIpc) is 2.28. The molecule has 17 heavy (non-hydrogen) atoms. The summed E-state index contributed by atoms with van der Waals surface area (Å²) in [6.07, 6.45) is 1.68. The number of aliphatic hydroxyl groups is 1. The fraction of sp³-hybridized carbons (Fsp3) is 0.615. The maximum Gasteiger partial charge on any atom is 0.137 e. The minimum atomic E-state index is -0.816. The van der Waals surface area contributed by atoms with Gasteiger partial charge in [0.25, 0.3) is 0 Å². The summed E-state index contributed by atoms with van der Waals surface area (Å²) in [7, 11) is 1.88. The van der Waals surface area contributed by atoms with E-state index in [4.69, 9.17) is 4.74 Å². The zero-order valence-electron chi connectivity index (χ0n) is 11.0. The van der Waals surface area contributed by atoms with Gasteiger partial charge in [0.15, 0.2) is 0 Å². The van der Waals surface area contributed by atoms with Gasteiger partial charge in [-0.25, -0.2) is 0 Å². The summed E-state index contributed by atoms with van der Waals surface area (Å²) in [6, 6.07) is 3.78. The van der Waals surface area contributed by atoms with Gasteiger partial charge in [-0.05, 0) is 32.0 Å². The highest BCUT2D eigenvalue weighted by Gasteiger charge is 2.25. The summed E-state index contributed by atoms with van der Waals surface area (Å²) in [6.45, 7) is 6.73. The maximum atomic E-state index is 10.0. The summed E-state index contributed by atoms with van der Waals surface area (Å²) in [5, 5.41) is 13.1. The van der Waals surface area contributed by atoms with Crippen LogP contribution in [0, 0.1) is 5.92 Å². The zero-order chi connectivity index (χ0) is 12.9. The lowest BCUT2D eigenvalue weighted by molar-refractivity contribution is -0.0267. The Morgan fingerprint density at radius 1 is 1.47 bits per heavy atom. The molecule has 1 heterocycles. The van der Waals surface area contributed by atoms with Gasteiger partial charge in [-0.1, -0.05) is 13.8 Å². The van der Waals surface area contributed by atoms with Crippen molar-refractivity contribution >= 4 is 0 Å². The molecule has 4 nitrogen and oxygen atoms in total. The Kier molecular flexibility index (Phi) is 4.90. The summed E-state index contributed by atoms with van der Waals surface area (Å²) in [5.74, 6) is 0.838. The highest BCUT2D eigenvalue weighted by Crippen LogP contribution is 2.18. The van der Waals surface area contributed by atoms with Crippen LogP contribution in [0.4, 0.5) is 0 Å². The van der Waals surface area contributed by atoms with E-state index in [0.29, 0.717) is 5.75 Å². The predicted octanol–water partition coefficient (Wildman–Crippen LogP) is 1.59. The first-order chi connectivity index (χ1) is 7.95. The van der Waals surface area contributed by atoms with Crippen LogP contribution in [-0.2, 0) is 6.54 Å². The van der Waals surface area contributed by atoms with Crippen molar-refractivity contribution in [2.24, 2.45) is 5.92 Å². The van der Waals surface area contributed by atoms with E-state index in [-0.39, 0.29) is 12.5 Å². The lowest BCUT2D eigenvalue weighted by atomic mass is 9.94. The van der Waals surface area contributed by atoms with Gasteiger partial charge in [0.05, 0.1) is 17.5 Å². The van der Waals surface area contributed by atoms with Crippen LogP contribution >= 0.6 is 0 Å². The molecular formula is C13H22N2O2. The lowest BCUT2D eigenvalue weighted by Crippen LogP contribution is -2.37. The van der Waals surface area contributed by atoms with Crippen molar-refractivity contribution in [2.75, 3.05) is 13.7 Å². The molecule has 1 aromatic rings. The van der Waals surface area contributed by atoms with Crippen molar-refractivity contribution in [1.29, 1.82) is 0 Å². The first-order valence-electron chi connectivity index (χ1n) is 5.90. The number of hydrogen-bond acceptors (Lipinski definition) is 4. The van der Waals surface area contributed by atoms with Crippen molar-refractivity contribution in [3.8, 4) is 5.75 Å². The standard InChI is InChI=1S/C13H22N2O2/c1-10(2)13(3,16)9-17-12-6-5-11(7-14-4)15-8-12/h5-6,8,10,14,16H,7,9H2,1-4H3. The molecule has 1 rings (SSSR count). The lowest BCUT2D eigenvalue weighted by Gasteiger charge is -2.27. The molecule has 4 heteroatoms. The number of hydrogen-bond donors (Lipinski definition) is 2. The van der Waals surface area contributed by atoms with E-state index in [2.05, 4.69) is 10.3 Å². The molecule has 0 aliphatic rings. The molecule has 0 aromatic carbocycles. The second-order valence-electron chi connectivity index (χ2n) is 4.82. The number of nitrogens with one attached hydrogen (secondary N) is 1. The van der Waals surface area contributed by atoms with Crippen LogP contribution in [0.5, 0.6) is 5.75 Å². The van der Waals surface area contributed by atoms with Crippen molar-refractivity contribution in [1.82, 2.24) is 10.3 Å². The molecule has 0 aliphatic heterocycles. The first-order valence-corrected chi connectivity index (χ1v) is 5.90. The highest BCUT2D eigenvalue weighted by molar-refractivity contribution is 5.20. The van der Waals surface area contributed by atoms with Crippen molar-refractivity contribution in [3.63, 3.8) is 0 Å². The Labute approximate surface area is 103 Å². The molecule has 0 radical (unpaired) electrons. The van der Waals surface area contributed by atoms with Crippen molar-refractivity contribution in [2.45, 2.75) is 32.9 Å². The van der Waals surface area contributed by atoms with Crippen molar-refractivity contribution < 1.29 is 9.84 Å². The average molecular weight is 238 g/mol. The van der Waals surface area contributed by atoms with Crippen LogP contribution in [0.3, 0.4) is 0 Å². The third-order valence-electron chi connectivity index (χ3n) is 2.93. The third-order valence-corrected chi connectivity index (χ3v) is 2.93. The first kappa shape index (κ1) is 13.9. The minimum absolute atomic E-state index is 0.152. The number of pyridine rings is 1. The number of nitrogens with zero attached hydrogens (tertiary/aromatic N) is 1. The zero-order valence-corrected chi connectivity index (χ0v) is 11.0. The Bertz CT molecular complexity index is 334. The molecule has 0 bridgehead atoms. The molecule has 0 saturated carbocycles. The fourth-order valence-corrected chi connectivity index (χ4v) is 1.18. The van der Waals surface area contributed by atoms with Gasteiger partial charge in [0.1, 0.15) is 12.4 Å². The highest BCUT2D eigenvalue weighted by atomic mass is 16.5. The van der Waals surface area contributed by atoms with Crippen molar-refractivity contribution in [3.05, 3.63) is 24.0 Å². The molecule has 2 N–H and O–H groups in total. The van der Waals surface area contributed by atoms with E-state index in [1.54, 1.807) is 13.1 Å². The van der Waals surface area contributed by atoms with Crippen LogP contribution in [0.2, 0.25) is 0 Å². The number of ether oxygens (including phenoxy) is 1. The summed E-state index contributed by atoms with van der Waals surface area (Å²) >= 11 is 0. The van der Waals surface area contributed by atoms with Crippen LogP contribution in [0.1, 0.15) is 26.5 Å². The van der Waals surface area contributed by atoms with Crippen LogP contribution < -0.4 is 10.1 Å². The van der Waals surface area contributed by atoms with Gasteiger partial charge in [-0.3, -0.25) is 4.98 Å². The molecule has 1 atom stereocenters. The normalized spacial score (nSPS) is 14.7. The van der Waals surface area contributed by atoms with E-state index >= 15 is 0 Å². The second kappa shape index (κ2) is 5.98. The van der Waals surface area contributed by atoms with Gasteiger partial charge in [-0.2, -0.15) is 0 Å². The molecule has 1 aromatic heterocycles. The van der Waals surface area contributed by atoms with E-state index in [1.807, 2.05) is 33.0 Å². The summed E-state index contributed by atoms with van der Waals surface area (Å²) in [5.41, 5.74) is 0.152. The molecule has 0 saturated heterocycles. The fourth-order valence-electron chi connectivity index (χ4n) is 1.18. The Morgan fingerprint density at radius 2 is 2.18 bits per heavy atom. The molecule has 96 valence electrons. The third kappa shape index (κ3) is 4.32. The summed E-state index contributed by atoms with van der Waals surface area (Å²) < 4.78 is 5.53. The van der Waals surface area contributed by atoms with E-state index in [1.165, 1.54) is 0 Å². The number of rotatable bonds is 6. The van der Waals surface area contributed by atoms with Gasteiger partial charge in [0, 0.05) is 6.54 Å². The van der Waals surface area contributed by atoms with Crippen LogP contribution in [0.15, 0.2) is 18.3 Å².